The number of rotatable bonds is 2. The number of aryl methyl sites for hydroxylation is 1. The summed E-state index contributed by atoms with van der Waals surface area (Å²) in [4.78, 5) is 1.47. The van der Waals surface area contributed by atoms with Gasteiger partial charge in [-0.3, -0.25) is 10.00 Å². The van der Waals surface area contributed by atoms with Gasteiger partial charge in [0.05, 0.1) is 12.2 Å². The molecule has 1 fully saturated rings. The lowest BCUT2D eigenvalue weighted by molar-refractivity contribution is -0.148. The lowest BCUT2D eigenvalue weighted by atomic mass is 9.94. The van der Waals surface area contributed by atoms with Crippen molar-refractivity contribution in [3.05, 3.63) is 17.5 Å². The Balaban J connectivity index is 1.97. The van der Waals surface area contributed by atoms with E-state index in [2.05, 4.69) is 10.2 Å². The Labute approximate surface area is 98.0 Å². The third kappa shape index (κ3) is 3.46. The van der Waals surface area contributed by atoms with Gasteiger partial charge in [0.1, 0.15) is 0 Å². The maximum absolute atomic E-state index is 12.3. The summed E-state index contributed by atoms with van der Waals surface area (Å²) in [6, 6.07) is 1.92. The van der Waals surface area contributed by atoms with Crippen molar-refractivity contribution in [3.8, 4) is 0 Å². The van der Waals surface area contributed by atoms with E-state index in [4.69, 9.17) is 0 Å². The van der Waals surface area contributed by atoms with Crippen LogP contribution < -0.4 is 0 Å². The van der Waals surface area contributed by atoms with E-state index in [-0.39, 0.29) is 5.92 Å². The number of hydrogen-bond donors (Lipinski definition) is 1. The highest BCUT2D eigenvalue weighted by atomic mass is 19.4. The monoisotopic (exact) mass is 247 g/mol. The number of piperidine rings is 1. The molecule has 6 heteroatoms. The first-order valence-electron chi connectivity index (χ1n) is 5.75. The molecule has 1 aliphatic heterocycles. The fourth-order valence-corrected chi connectivity index (χ4v) is 2.34. The smallest absolute Gasteiger partial charge is 0.294 e. The molecule has 2 heterocycles. The molecule has 1 saturated heterocycles. The second kappa shape index (κ2) is 4.68. The number of nitrogens with one attached hydrogen (secondary N) is 1. The predicted octanol–water partition coefficient (Wildman–Crippen LogP) is 2.46. The van der Waals surface area contributed by atoms with Crippen molar-refractivity contribution >= 4 is 0 Å². The van der Waals surface area contributed by atoms with Gasteiger partial charge in [-0.1, -0.05) is 0 Å². The number of halogens is 3. The number of alkyl halides is 3. The summed E-state index contributed by atoms with van der Waals surface area (Å²) in [7, 11) is 0. The average molecular weight is 247 g/mol. The van der Waals surface area contributed by atoms with Gasteiger partial charge in [0.25, 0.3) is 0 Å². The summed E-state index contributed by atoms with van der Waals surface area (Å²) in [5.41, 5.74) is 1.84. The minimum Gasteiger partial charge on any atom is -0.294 e. The minimum absolute atomic E-state index is 0.121. The molecule has 17 heavy (non-hydrogen) atoms. The first kappa shape index (κ1) is 12.4. The van der Waals surface area contributed by atoms with E-state index in [1.165, 1.54) is 4.90 Å². The number of hydrogen-bond acceptors (Lipinski definition) is 2. The van der Waals surface area contributed by atoms with Crippen LogP contribution in [0, 0.1) is 6.92 Å². The third-order valence-electron chi connectivity index (χ3n) is 3.05. The van der Waals surface area contributed by atoms with E-state index < -0.39 is 12.7 Å². The normalized spacial score (nSPS) is 22.9. The zero-order valence-corrected chi connectivity index (χ0v) is 9.72. The van der Waals surface area contributed by atoms with Crippen LogP contribution in [0.3, 0.4) is 0 Å². The van der Waals surface area contributed by atoms with Crippen LogP contribution in [0.2, 0.25) is 0 Å². The Morgan fingerprint density at radius 3 is 2.88 bits per heavy atom. The number of aromatic nitrogens is 2. The molecule has 1 aromatic heterocycles. The Hall–Kier alpha value is -1.04. The molecule has 2 rings (SSSR count). The molecule has 1 N–H and O–H groups in total. The molecular weight excluding hydrogens is 231 g/mol. The second-order valence-electron chi connectivity index (χ2n) is 4.67. The van der Waals surface area contributed by atoms with Crippen LogP contribution in [0.25, 0.3) is 0 Å². The zero-order valence-electron chi connectivity index (χ0n) is 9.72. The zero-order chi connectivity index (χ0) is 12.5. The lowest BCUT2D eigenvalue weighted by Gasteiger charge is -2.32. The van der Waals surface area contributed by atoms with Crippen molar-refractivity contribution in [1.29, 1.82) is 0 Å². The quantitative estimate of drug-likeness (QED) is 0.870. The van der Waals surface area contributed by atoms with Crippen LogP contribution >= 0.6 is 0 Å². The topological polar surface area (TPSA) is 31.9 Å². The van der Waals surface area contributed by atoms with Gasteiger partial charge in [0.2, 0.25) is 0 Å². The van der Waals surface area contributed by atoms with Crippen LogP contribution in [0.1, 0.15) is 30.1 Å². The largest absolute Gasteiger partial charge is 0.401 e. The Morgan fingerprint density at radius 2 is 2.29 bits per heavy atom. The van der Waals surface area contributed by atoms with E-state index in [9.17, 15) is 13.2 Å². The first-order chi connectivity index (χ1) is 7.94. The van der Waals surface area contributed by atoms with Gasteiger partial charge in [0.15, 0.2) is 0 Å². The number of H-pyrrole nitrogens is 1. The van der Waals surface area contributed by atoms with E-state index in [1.807, 2.05) is 13.0 Å². The molecule has 3 nitrogen and oxygen atoms in total. The summed E-state index contributed by atoms with van der Waals surface area (Å²) < 4.78 is 36.9. The fraction of sp³-hybridized carbons (Fsp3) is 0.727. The van der Waals surface area contributed by atoms with Crippen LogP contribution in [0.15, 0.2) is 6.07 Å². The molecule has 96 valence electrons. The maximum Gasteiger partial charge on any atom is 0.401 e. The summed E-state index contributed by atoms with van der Waals surface area (Å²) in [6.45, 7) is 2.06. The molecule has 1 unspecified atom stereocenters. The van der Waals surface area contributed by atoms with Gasteiger partial charge in [-0.2, -0.15) is 18.3 Å². The third-order valence-corrected chi connectivity index (χ3v) is 3.05. The maximum atomic E-state index is 12.3. The molecule has 1 atom stereocenters. The van der Waals surface area contributed by atoms with Gasteiger partial charge in [0, 0.05) is 18.2 Å². The standard InChI is InChI=1S/C11H16F3N3/c1-8-5-10(16-15-8)9-3-2-4-17(6-9)7-11(12,13)14/h5,9H,2-4,6-7H2,1H3,(H,15,16). The highest BCUT2D eigenvalue weighted by Crippen LogP contribution is 2.28. The molecule has 0 aromatic carbocycles. The van der Waals surface area contributed by atoms with Crippen molar-refractivity contribution in [2.24, 2.45) is 0 Å². The molecule has 1 aliphatic rings. The van der Waals surface area contributed by atoms with Crippen LogP contribution in [0.5, 0.6) is 0 Å². The Kier molecular flexibility index (Phi) is 3.42. The highest BCUT2D eigenvalue weighted by Gasteiger charge is 2.33. The van der Waals surface area contributed by atoms with E-state index in [1.54, 1.807) is 0 Å². The SMILES string of the molecule is Cc1cc(C2CCCN(CC(F)(F)F)C2)n[nH]1. The Bertz CT molecular complexity index is 372. The van der Waals surface area contributed by atoms with Crippen LogP contribution in [0.4, 0.5) is 13.2 Å². The molecule has 1 aromatic rings. The van der Waals surface area contributed by atoms with Gasteiger partial charge in [-0.15, -0.1) is 0 Å². The molecular formula is C11H16F3N3. The van der Waals surface area contributed by atoms with Crippen molar-refractivity contribution in [2.75, 3.05) is 19.6 Å². The van der Waals surface area contributed by atoms with Crippen LogP contribution in [-0.4, -0.2) is 40.9 Å². The van der Waals surface area contributed by atoms with Gasteiger partial charge >= 0.3 is 6.18 Å². The fourth-order valence-electron chi connectivity index (χ4n) is 2.34. The molecule has 0 aliphatic carbocycles. The predicted molar refractivity (Wildman–Crippen MR) is 57.8 cm³/mol. The molecule has 0 radical (unpaired) electrons. The van der Waals surface area contributed by atoms with Gasteiger partial charge in [-0.25, -0.2) is 0 Å². The number of nitrogens with zero attached hydrogens (tertiary/aromatic N) is 2. The van der Waals surface area contributed by atoms with Crippen LogP contribution in [-0.2, 0) is 0 Å². The lowest BCUT2D eigenvalue weighted by Crippen LogP contribution is -2.40. The average Bonchev–Trinajstić information content (AvgIpc) is 2.63. The van der Waals surface area contributed by atoms with E-state index >= 15 is 0 Å². The van der Waals surface area contributed by atoms with Gasteiger partial charge in [-0.05, 0) is 32.4 Å². The summed E-state index contributed by atoms with van der Waals surface area (Å²) in [5, 5.41) is 6.98. The highest BCUT2D eigenvalue weighted by molar-refractivity contribution is 5.13. The van der Waals surface area contributed by atoms with Crippen molar-refractivity contribution in [1.82, 2.24) is 15.1 Å². The molecule has 0 bridgehead atoms. The van der Waals surface area contributed by atoms with Gasteiger partial charge < -0.3 is 0 Å². The number of aromatic amines is 1. The Morgan fingerprint density at radius 1 is 1.53 bits per heavy atom. The summed E-state index contributed by atoms with van der Waals surface area (Å²) in [5.74, 6) is 0.121. The summed E-state index contributed by atoms with van der Waals surface area (Å²) in [6.07, 6.45) is -2.39. The van der Waals surface area contributed by atoms with Crippen molar-refractivity contribution in [2.45, 2.75) is 31.9 Å². The van der Waals surface area contributed by atoms with Crippen molar-refractivity contribution in [3.63, 3.8) is 0 Å². The molecule has 0 saturated carbocycles. The summed E-state index contributed by atoms with van der Waals surface area (Å²) >= 11 is 0. The molecule has 0 amide bonds. The second-order valence-corrected chi connectivity index (χ2v) is 4.67. The van der Waals surface area contributed by atoms with Crippen molar-refractivity contribution < 1.29 is 13.2 Å². The number of likely N-dealkylation sites (tertiary alicyclic amines) is 1. The van der Waals surface area contributed by atoms with E-state index in [0.717, 1.165) is 24.2 Å². The first-order valence-corrected chi connectivity index (χ1v) is 5.75. The minimum atomic E-state index is -4.11. The van der Waals surface area contributed by atoms with E-state index in [0.29, 0.717) is 13.1 Å². The molecule has 0 spiro atoms.